The van der Waals surface area contributed by atoms with E-state index in [4.69, 9.17) is 5.73 Å². The maximum absolute atomic E-state index is 5.86. The van der Waals surface area contributed by atoms with Crippen molar-refractivity contribution < 1.29 is 0 Å². The van der Waals surface area contributed by atoms with Crippen molar-refractivity contribution in [3.8, 4) is 0 Å². The Balaban J connectivity index is 1.43. The van der Waals surface area contributed by atoms with Crippen LogP contribution in [0.25, 0.3) is 10.9 Å². The van der Waals surface area contributed by atoms with Gasteiger partial charge in [-0.1, -0.05) is 18.9 Å². The normalized spacial score (nSPS) is 11.2. The van der Waals surface area contributed by atoms with Crippen molar-refractivity contribution in [3.05, 3.63) is 36.3 Å². The second-order valence-corrected chi connectivity index (χ2v) is 5.34. The maximum Gasteiger partial charge on any atom is 0.148 e. The molecule has 3 N–H and O–H groups in total. The summed E-state index contributed by atoms with van der Waals surface area (Å²) in [6.07, 6.45) is 7.77. The van der Waals surface area contributed by atoms with Crippen LogP contribution in [0.15, 0.2) is 30.5 Å². The Kier molecular flexibility index (Phi) is 4.14. The van der Waals surface area contributed by atoms with Gasteiger partial charge in [0.2, 0.25) is 0 Å². The number of fused-ring (bicyclic) bond motifs is 1. The summed E-state index contributed by atoms with van der Waals surface area (Å²) in [5.74, 6) is 0.877. The van der Waals surface area contributed by atoms with Crippen molar-refractivity contribution in [1.82, 2.24) is 25.2 Å². The molecule has 0 saturated heterocycles. The predicted octanol–water partition coefficient (Wildman–Crippen LogP) is 2.54. The van der Waals surface area contributed by atoms with Gasteiger partial charge in [-0.15, -0.1) is 5.10 Å². The Morgan fingerprint density at radius 1 is 1.10 bits per heavy atom. The highest BCUT2D eigenvalue weighted by atomic mass is 15.5. The molecule has 0 aliphatic rings. The van der Waals surface area contributed by atoms with Crippen molar-refractivity contribution in [2.75, 3.05) is 5.73 Å². The molecule has 6 nitrogen and oxygen atoms in total. The number of nitrogens with zero attached hydrogens (tertiary/aromatic N) is 4. The third-order valence-corrected chi connectivity index (χ3v) is 3.75. The molecule has 2 aromatic heterocycles. The highest BCUT2D eigenvalue weighted by molar-refractivity contribution is 5.83. The molecule has 0 unspecified atom stereocenters. The quantitative estimate of drug-likeness (QED) is 0.515. The number of aromatic amines is 1. The molecule has 0 aliphatic carbocycles. The smallest absolute Gasteiger partial charge is 0.148 e. The van der Waals surface area contributed by atoms with E-state index in [1.807, 2.05) is 12.1 Å². The lowest BCUT2D eigenvalue weighted by Gasteiger charge is -2.06. The fraction of sp³-hybridized carbons (Fsp3) is 0.400. The molecule has 3 aromatic rings. The maximum atomic E-state index is 5.86. The summed E-state index contributed by atoms with van der Waals surface area (Å²) in [7, 11) is 0. The Labute approximate surface area is 123 Å². The van der Waals surface area contributed by atoms with Crippen molar-refractivity contribution in [3.63, 3.8) is 0 Å². The first kappa shape index (κ1) is 13.6. The minimum absolute atomic E-state index is 0.822. The minimum Gasteiger partial charge on any atom is -0.399 e. The first-order valence-electron chi connectivity index (χ1n) is 7.40. The summed E-state index contributed by atoms with van der Waals surface area (Å²) < 4.78 is 2.28. The molecule has 0 amide bonds. The van der Waals surface area contributed by atoms with Gasteiger partial charge < -0.3 is 10.3 Å². The van der Waals surface area contributed by atoms with Crippen LogP contribution in [-0.4, -0.2) is 25.2 Å². The van der Waals surface area contributed by atoms with Crippen molar-refractivity contribution in [2.45, 2.75) is 38.6 Å². The fourth-order valence-electron chi connectivity index (χ4n) is 2.61. The van der Waals surface area contributed by atoms with Gasteiger partial charge in [0.05, 0.1) is 5.52 Å². The van der Waals surface area contributed by atoms with Crippen molar-refractivity contribution in [2.24, 2.45) is 0 Å². The topological polar surface area (TPSA) is 85.4 Å². The van der Waals surface area contributed by atoms with Gasteiger partial charge in [-0.2, -0.15) is 0 Å². The lowest BCUT2D eigenvalue weighted by Crippen LogP contribution is -1.97. The van der Waals surface area contributed by atoms with E-state index in [0.717, 1.165) is 30.9 Å². The van der Waals surface area contributed by atoms with Crippen LogP contribution < -0.4 is 5.73 Å². The molecule has 21 heavy (non-hydrogen) atoms. The number of unbranched alkanes of at least 4 members (excludes halogenated alkanes) is 3. The molecule has 3 rings (SSSR count). The summed E-state index contributed by atoms with van der Waals surface area (Å²) in [4.78, 5) is 0. The van der Waals surface area contributed by atoms with Gasteiger partial charge in [-0.3, -0.25) is 0 Å². The Morgan fingerprint density at radius 2 is 2.00 bits per heavy atom. The van der Waals surface area contributed by atoms with Gasteiger partial charge in [0.1, 0.15) is 5.82 Å². The van der Waals surface area contributed by atoms with Gasteiger partial charge in [0.15, 0.2) is 0 Å². The number of nitrogen functional groups attached to an aromatic ring is 1. The van der Waals surface area contributed by atoms with Crippen LogP contribution >= 0.6 is 0 Å². The van der Waals surface area contributed by atoms with E-state index in [2.05, 4.69) is 43.5 Å². The number of benzene rings is 1. The third kappa shape index (κ3) is 3.39. The van der Waals surface area contributed by atoms with E-state index in [-0.39, 0.29) is 0 Å². The molecule has 6 heteroatoms. The first-order chi connectivity index (χ1) is 10.3. The van der Waals surface area contributed by atoms with Gasteiger partial charge in [-0.05, 0) is 46.9 Å². The number of hydrogen-bond donors (Lipinski definition) is 2. The lowest BCUT2D eigenvalue weighted by atomic mass is 10.1. The van der Waals surface area contributed by atoms with Crippen LogP contribution in [0, 0.1) is 0 Å². The van der Waals surface area contributed by atoms with Gasteiger partial charge in [0.25, 0.3) is 0 Å². The molecule has 0 bridgehead atoms. The van der Waals surface area contributed by atoms with Crippen LogP contribution in [0.2, 0.25) is 0 Å². The number of rotatable bonds is 7. The zero-order valence-electron chi connectivity index (χ0n) is 12.0. The zero-order chi connectivity index (χ0) is 14.5. The van der Waals surface area contributed by atoms with Crippen LogP contribution in [0.3, 0.4) is 0 Å². The Bertz CT molecular complexity index is 685. The number of nitrogens with two attached hydrogens (primary N) is 1. The summed E-state index contributed by atoms with van der Waals surface area (Å²) in [5.41, 5.74) is 7.91. The predicted molar refractivity (Wildman–Crippen MR) is 82.7 cm³/mol. The van der Waals surface area contributed by atoms with E-state index in [0.29, 0.717) is 0 Å². The molecule has 0 radical (unpaired) electrons. The zero-order valence-corrected chi connectivity index (χ0v) is 12.0. The number of hydrogen-bond acceptors (Lipinski definition) is 4. The van der Waals surface area contributed by atoms with Crippen molar-refractivity contribution >= 4 is 16.6 Å². The third-order valence-electron chi connectivity index (χ3n) is 3.75. The van der Waals surface area contributed by atoms with Gasteiger partial charge >= 0.3 is 0 Å². The summed E-state index contributed by atoms with van der Waals surface area (Å²) in [6.45, 7) is 1.04. The average Bonchev–Trinajstić information content (AvgIpc) is 3.12. The molecule has 0 aliphatic heterocycles. The van der Waals surface area contributed by atoms with E-state index < -0.39 is 0 Å². The standard InChI is InChI=1S/C15H20N6/c16-13-7-6-12-8-10-21(14(12)11-13)9-4-2-1-3-5-15-17-19-20-18-15/h6-8,10-11H,1-5,9,16H2,(H,17,18,19,20). The summed E-state index contributed by atoms with van der Waals surface area (Å²) >= 11 is 0. The largest absolute Gasteiger partial charge is 0.399 e. The number of anilines is 1. The lowest BCUT2D eigenvalue weighted by molar-refractivity contribution is 0.577. The second kappa shape index (κ2) is 6.39. The molecule has 0 fully saturated rings. The monoisotopic (exact) mass is 284 g/mol. The van der Waals surface area contributed by atoms with Crippen LogP contribution in [0.1, 0.15) is 31.5 Å². The molecule has 2 heterocycles. The average molecular weight is 284 g/mol. The second-order valence-electron chi connectivity index (χ2n) is 5.34. The number of aromatic nitrogens is 5. The van der Waals surface area contributed by atoms with E-state index in [1.54, 1.807) is 0 Å². The van der Waals surface area contributed by atoms with Crippen molar-refractivity contribution in [1.29, 1.82) is 0 Å². The number of H-pyrrole nitrogens is 1. The van der Waals surface area contributed by atoms with Gasteiger partial charge in [-0.25, -0.2) is 5.10 Å². The Hall–Kier alpha value is -2.37. The minimum atomic E-state index is 0.822. The molecule has 1 aromatic carbocycles. The summed E-state index contributed by atoms with van der Waals surface area (Å²) in [6, 6.07) is 8.22. The number of tetrazole rings is 1. The highest BCUT2D eigenvalue weighted by Crippen LogP contribution is 2.19. The molecule has 0 spiro atoms. The summed E-state index contributed by atoms with van der Waals surface area (Å²) in [5, 5.41) is 15.1. The number of nitrogens with one attached hydrogen (secondary N) is 1. The van der Waals surface area contributed by atoms with Crippen LogP contribution in [-0.2, 0) is 13.0 Å². The molecular formula is C15H20N6. The highest BCUT2D eigenvalue weighted by Gasteiger charge is 2.01. The van der Waals surface area contributed by atoms with Gasteiger partial charge in [0, 0.05) is 24.8 Å². The van der Waals surface area contributed by atoms with E-state index >= 15 is 0 Å². The number of aryl methyl sites for hydroxylation is 2. The Morgan fingerprint density at radius 3 is 2.86 bits per heavy atom. The fourth-order valence-corrected chi connectivity index (χ4v) is 2.61. The molecule has 110 valence electrons. The van der Waals surface area contributed by atoms with E-state index in [9.17, 15) is 0 Å². The van der Waals surface area contributed by atoms with Crippen LogP contribution in [0.4, 0.5) is 5.69 Å². The molecule has 0 saturated carbocycles. The van der Waals surface area contributed by atoms with E-state index in [1.165, 1.54) is 30.2 Å². The molecular weight excluding hydrogens is 264 g/mol. The molecule has 0 atom stereocenters. The SMILES string of the molecule is Nc1ccc2ccn(CCCCCCc3nnn[nH]3)c2c1. The first-order valence-corrected chi connectivity index (χ1v) is 7.40. The van der Waals surface area contributed by atoms with Crippen LogP contribution in [0.5, 0.6) is 0 Å².